The Morgan fingerprint density at radius 3 is 2.29 bits per heavy atom. The Morgan fingerprint density at radius 2 is 1.67 bits per heavy atom. The minimum atomic E-state index is -1.82. The first-order valence-corrected chi connectivity index (χ1v) is 6.38. The van der Waals surface area contributed by atoms with Crippen LogP contribution >= 0.6 is 0 Å². The van der Waals surface area contributed by atoms with E-state index in [1.54, 1.807) is 31.3 Å². The fraction of sp³-hybridized carbons (Fsp3) is 0.286. The predicted molar refractivity (Wildman–Crippen MR) is 76.3 cm³/mol. The van der Waals surface area contributed by atoms with Gasteiger partial charge < -0.3 is 9.84 Å². The summed E-state index contributed by atoms with van der Waals surface area (Å²) >= 11 is 0. The fourth-order valence-corrected chi connectivity index (χ4v) is 2.53. The van der Waals surface area contributed by atoms with Gasteiger partial charge in [-0.3, -0.25) is 18.8 Å². The molecular formula is C14H15N3O4. The first kappa shape index (κ1) is 13.4. The third kappa shape index (κ3) is 1.64. The van der Waals surface area contributed by atoms with Crippen LogP contribution in [-0.2, 0) is 20.0 Å². The quantitative estimate of drug-likeness (QED) is 0.781. The van der Waals surface area contributed by atoms with Crippen molar-refractivity contribution >= 4 is 5.82 Å². The van der Waals surface area contributed by atoms with Gasteiger partial charge in [0.15, 0.2) is 5.82 Å². The van der Waals surface area contributed by atoms with E-state index in [9.17, 15) is 14.7 Å². The van der Waals surface area contributed by atoms with E-state index >= 15 is 0 Å². The van der Waals surface area contributed by atoms with E-state index in [-0.39, 0.29) is 11.6 Å². The van der Waals surface area contributed by atoms with E-state index in [1.807, 2.05) is 6.07 Å². The number of fused-ring (bicyclic) bond motifs is 1. The van der Waals surface area contributed by atoms with Gasteiger partial charge in [0.25, 0.3) is 0 Å². The highest BCUT2D eigenvalue weighted by molar-refractivity contribution is 5.58. The SMILES string of the molecule is CN1c2c(c(=O)n(C)c(=O)n2C)OC1(O)c1ccccc1. The number of hydrogen-bond acceptors (Lipinski definition) is 5. The summed E-state index contributed by atoms with van der Waals surface area (Å²) in [6.45, 7) is 0. The minimum Gasteiger partial charge on any atom is -0.431 e. The highest BCUT2D eigenvalue weighted by atomic mass is 16.7. The lowest BCUT2D eigenvalue weighted by Gasteiger charge is -2.30. The van der Waals surface area contributed by atoms with Crippen LogP contribution in [0.25, 0.3) is 0 Å². The molecule has 0 bridgehead atoms. The minimum absolute atomic E-state index is 0.0477. The molecule has 1 aromatic heterocycles. The van der Waals surface area contributed by atoms with Crippen LogP contribution in [0.2, 0.25) is 0 Å². The molecule has 1 aliphatic rings. The molecule has 3 rings (SSSR count). The van der Waals surface area contributed by atoms with Gasteiger partial charge in [-0.05, 0) is 0 Å². The van der Waals surface area contributed by atoms with E-state index in [0.29, 0.717) is 5.56 Å². The topological polar surface area (TPSA) is 76.7 Å². The lowest BCUT2D eigenvalue weighted by Crippen LogP contribution is -2.45. The van der Waals surface area contributed by atoms with Gasteiger partial charge in [-0.15, -0.1) is 0 Å². The molecule has 0 spiro atoms. The van der Waals surface area contributed by atoms with Crippen molar-refractivity contribution in [2.75, 3.05) is 11.9 Å². The first-order valence-electron chi connectivity index (χ1n) is 6.38. The summed E-state index contributed by atoms with van der Waals surface area (Å²) in [5.74, 6) is -1.62. The summed E-state index contributed by atoms with van der Waals surface area (Å²) in [6.07, 6.45) is 0. The molecule has 0 amide bonds. The largest absolute Gasteiger partial charge is 0.431 e. The Hall–Kier alpha value is -2.54. The maximum atomic E-state index is 12.2. The van der Waals surface area contributed by atoms with Crippen molar-refractivity contribution in [1.82, 2.24) is 9.13 Å². The zero-order chi connectivity index (χ0) is 15.4. The zero-order valence-electron chi connectivity index (χ0n) is 11.9. The van der Waals surface area contributed by atoms with E-state index in [1.165, 1.54) is 23.6 Å². The normalized spacial score (nSPS) is 20.3. The summed E-state index contributed by atoms with van der Waals surface area (Å²) < 4.78 is 7.75. The monoisotopic (exact) mass is 289 g/mol. The molecular weight excluding hydrogens is 274 g/mol. The summed E-state index contributed by atoms with van der Waals surface area (Å²) in [4.78, 5) is 25.6. The molecule has 21 heavy (non-hydrogen) atoms. The number of aromatic nitrogens is 2. The van der Waals surface area contributed by atoms with Gasteiger partial charge in [0.2, 0.25) is 5.75 Å². The maximum Gasteiger partial charge on any atom is 0.332 e. The van der Waals surface area contributed by atoms with E-state index in [4.69, 9.17) is 4.74 Å². The Kier molecular flexibility index (Phi) is 2.70. The molecule has 0 saturated heterocycles. The molecule has 0 aliphatic carbocycles. The van der Waals surface area contributed by atoms with Crippen LogP contribution in [0.3, 0.4) is 0 Å². The number of ether oxygens (including phenoxy) is 1. The third-order valence-electron chi connectivity index (χ3n) is 3.76. The van der Waals surface area contributed by atoms with Gasteiger partial charge in [0, 0.05) is 26.7 Å². The van der Waals surface area contributed by atoms with Crippen LogP contribution in [0.4, 0.5) is 5.82 Å². The second-order valence-corrected chi connectivity index (χ2v) is 4.99. The average Bonchev–Trinajstić information content (AvgIpc) is 2.77. The van der Waals surface area contributed by atoms with Gasteiger partial charge in [-0.2, -0.15) is 0 Å². The Morgan fingerprint density at radius 1 is 1.05 bits per heavy atom. The van der Waals surface area contributed by atoms with Crippen LogP contribution in [0, 0.1) is 0 Å². The zero-order valence-corrected chi connectivity index (χ0v) is 11.9. The van der Waals surface area contributed by atoms with Crippen molar-refractivity contribution in [3.8, 4) is 5.75 Å². The molecule has 7 nitrogen and oxygen atoms in total. The van der Waals surface area contributed by atoms with Gasteiger partial charge in [0.1, 0.15) is 0 Å². The number of benzene rings is 1. The third-order valence-corrected chi connectivity index (χ3v) is 3.76. The van der Waals surface area contributed by atoms with Gasteiger partial charge in [0.05, 0.1) is 0 Å². The van der Waals surface area contributed by atoms with E-state index < -0.39 is 17.2 Å². The number of rotatable bonds is 1. The number of aliphatic hydroxyl groups is 1. The van der Waals surface area contributed by atoms with Crippen LogP contribution in [0.5, 0.6) is 5.75 Å². The molecule has 0 saturated carbocycles. The molecule has 1 atom stereocenters. The number of anilines is 1. The molecule has 1 aromatic carbocycles. The smallest absolute Gasteiger partial charge is 0.332 e. The molecule has 0 fully saturated rings. The van der Waals surface area contributed by atoms with Crippen LogP contribution in [-0.4, -0.2) is 21.3 Å². The summed E-state index contributed by atoms with van der Waals surface area (Å²) in [5, 5.41) is 10.8. The van der Waals surface area contributed by atoms with Crippen molar-refractivity contribution < 1.29 is 9.84 Å². The second kappa shape index (κ2) is 4.23. The van der Waals surface area contributed by atoms with E-state index in [2.05, 4.69) is 0 Å². The lowest BCUT2D eigenvalue weighted by atomic mass is 10.1. The lowest BCUT2D eigenvalue weighted by molar-refractivity contribution is -0.130. The van der Waals surface area contributed by atoms with Crippen LogP contribution in [0.15, 0.2) is 39.9 Å². The molecule has 2 heterocycles. The second-order valence-electron chi connectivity index (χ2n) is 4.99. The maximum absolute atomic E-state index is 12.2. The van der Waals surface area contributed by atoms with Gasteiger partial charge in [-0.1, -0.05) is 30.3 Å². The standard InChI is InChI=1S/C14H15N3O4/c1-15-11-10(12(18)16(2)13(15)19)21-14(20,17(11)3)9-7-5-4-6-8-9/h4-8,20H,1-3H3. The Balaban J connectivity index is 2.27. The van der Waals surface area contributed by atoms with Crippen molar-refractivity contribution in [2.45, 2.75) is 5.91 Å². The predicted octanol–water partition coefficient (Wildman–Crippen LogP) is -0.285. The molecule has 0 radical (unpaired) electrons. The first-order chi connectivity index (χ1) is 9.88. The molecule has 7 heteroatoms. The molecule has 1 aliphatic heterocycles. The Bertz CT molecular complexity index is 825. The number of hydrogen-bond donors (Lipinski definition) is 1. The molecule has 2 aromatic rings. The van der Waals surface area contributed by atoms with E-state index in [0.717, 1.165) is 4.57 Å². The fourth-order valence-electron chi connectivity index (χ4n) is 2.53. The van der Waals surface area contributed by atoms with Gasteiger partial charge in [-0.25, -0.2) is 4.79 Å². The Labute approximate surface area is 120 Å². The summed E-state index contributed by atoms with van der Waals surface area (Å²) in [6, 6.07) is 8.69. The molecule has 1 unspecified atom stereocenters. The highest BCUT2D eigenvalue weighted by Gasteiger charge is 2.47. The molecule has 110 valence electrons. The average molecular weight is 289 g/mol. The van der Waals surface area contributed by atoms with Crippen molar-refractivity contribution in [3.63, 3.8) is 0 Å². The van der Waals surface area contributed by atoms with Crippen molar-refractivity contribution in [1.29, 1.82) is 0 Å². The van der Waals surface area contributed by atoms with Crippen LogP contribution < -0.4 is 20.9 Å². The summed E-state index contributed by atoms with van der Waals surface area (Å²) in [5.41, 5.74) is -0.587. The number of nitrogens with zero attached hydrogens (tertiary/aromatic N) is 3. The van der Waals surface area contributed by atoms with Crippen molar-refractivity contribution in [3.05, 3.63) is 56.7 Å². The molecule has 1 N–H and O–H groups in total. The van der Waals surface area contributed by atoms with Crippen molar-refractivity contribution in [2.24, 2.45) is 14.1 Å². The van der Waals surface area contributed by atoms with Crippen LogP contribution in [0.1, 0.15) is 5.56 Å². The summed E-state index contributed by atoms with van der Waals surface area (Å²) in [7, 11) is 4.46. The van der Waals surface area contributed by atoms with Gasteiger partial charge >= 0.3 is 17.2 Å². The highest BCUT2D eigenvalue weighted by Crippen LogP contribution is 2.41.